The summed E-state index contributed by atoms with van der Waals surface area (Å²) in [4.78, 5) is 9.00. The summed E-state index contributed by atoms with van der Waals surface area (Å²) in [5.41, 5.74) is 0. The summed E-state index contributed by atoms with van der Waals surface area (Å²) in [5, 5.41) is 7.42. The molecule has 1 aliphatic carbocycles. The van der Waals surface area contributed by atoms with Crippen molar-refractivity contribution in [3.05, 3.63) is 0 Å². The van der Waals surface area contributed by atoms with Crippen LogP contribution in [0.1, 0.15) is 19.8 Å². The quantitative estimate of drug-likeness (QED) is 0.485. The molecule has 1 rings (SSSR count). The van der Waals surface area contributed by atoms with Crippen molar-refractivity contribution < 1.29 is 9.90 Å². The van der Waals surface area contributed by atoms with Crippen LogP contribution in [0.2, 0.25) is 3.17 Å². The third-order valence-corrected chi connectivity index (χ3v) is 2.02. The molecular formula is C5H9NaO2. The van der Waals surface area contributed by atoms with E-state index in [-0.39, 0.29) is 0 Å². The summed E-state index contributed by atoms with van der Waals surface area (Å²) in [6.07, 6.45) is 3.10. The molecule has 0 saturated heterocycles. The zero-order chi connectivity index (χ0) is 6.57. The van der Waals surface area contributed by atoms with Gasteiger partial charge in [-0.25, -0.2) is 0 Å². The Bertz CT molecular complexity index is 74.5. The van der Waals surface area contributed by atoms with Crippen molar-refractivity contribution in [1.29, 1.82) is 0 Å². The van der Waals surface area contributed by atoms with Gasteiger partial charge in [0.05, 0.1) is 0 Å². The Balaban J connectivity index is 0.000000122. The summed E-state index contributed by atoms with van der Waals surface area (Å²) >= 11 is 1.46. The van der Waals surface area contributed by atoms with E-state index in [0.29, 0.717) is 0 Å². The average Bonchev–Trinajstić information content (AvgIpc) is 2.19. The molecule has 0 aromatic rings. The van der Waals surface area contributed by atoms with E-state index in [1.165, 1.54) is 31.1 Å². The second-order valence-electron chi connectivity index (χ2n) is 2.20. The van der Waals surface area contributed by atoms with E-state index >= 15 is 0 Å². The van der Waals surface area contributed by atoms with E-state index in [1.807, 2.05) is 0 Å². The van der Waals surface area contributed by atoms with Crippen molar-refractivity contribution in [3.8, 4) is 0 Å². The zero-order valence-corrected chi connectivity index (χ0v) is 7.35. The van der Waals surface area contributed by atoms with Crippen LogP contribution in [0.5, 0.6) is 0 Å². The summed E-state index contributed by atoms with van der Waals surface area (Å²) < 4.78 is 1.22. The van der Waals surface area contributed by atoms with Gasteiger partial charge in [-0.05, 0) is 0 Å². The number of aliphatic carboxylic acids is 1. The molecule has 1 aliphatic rings. The Kier molecular flexibility index (Phi) is 4.61. The molecule has 3 heteroatoms. The molecule has 42 valence electrons. The van der Waals surface area contributed by atoms with Crippen LogP contribution in [0.25, 0.3) is 0 Å². The maximum absolute atomic E-state index is 9.00. The van der Waals surface area contributed by atoms with E-state index in [0.717, 1.165) is 6.92 Å². The van der Waals surface area contributed by atoms with Gasteiger partial charge in [0.1, 0.15) is 0 Å². The molecule has 1 N–H and O–H groups in total. The van der Waals surface area contributed by atoms with Gasteiger partial charge in [-0.15, -0.1) is 0 Å². The van der Waals surface area contributed by atoms with Gasteiger partial charge in [0.15, 0.2) is 0 Å². The summed E-state index contributed by atoms with van der Waals surface area (Å²) in [7, 11) is 0. The normalized spacial score (nSPS) is 16.4. The molecule has 0 aliphatic heterocycles. The molecule has 2 nitrogen and oxygen atoms in total. The monoisotopic (exact) mass is 124 g/mol. The standard InChI is InChI=1S/C3H5.C2H4O2.Na/c1-2-3-1;1-2(3)4;/h1H,2-3H2;1H3,(H,3,4);. The molecule has 0 spiro atoms. The maximum atomic E-state index is 9.00. The van der Waals surface area contributed by atoms with Gasteiger partial charge < -0.3 is 5.11 Å². The van der Waals surface area contributed by atoms with Crippen LogP contribution in [0.4, 0.5) is 0 Å². The molecule has 0 aromatic carbocycles. The Morgan fingerprint density at radius 1 is 1.75 bits per heavy atom. The van der Waals surface area contributed by atoms with Crippen LogP contribution < -0.4 is 0 Å². The van der Waals surface area contributed by atoms with Crippen molar-refractivity contribution in [1.82, 2.24) is 0 Å². The van der Waals surface area contributed by atoms with E-state index in [4.69, 9.17) is 9.90 Å². The first-order valence-electron chi connectivity index (χ1n) is 2.82. The Morgan fingerprint density at radius 2 is 1.88 bits per heavy atom. The van der Waals surface area contributed by atoms with E-state index < -0.39 is 5.97 Å². The molecule has 8 heavy (non-hydrogen) atoms. The van der Waals surface area contributed by atoms with Crippen molar-refractivity contribution >= 4 is 33.9 Å². The van der Waals surface area contributed by atoms with Crippen molar-refractivity contribution in [2.75, 3.05) is 0 Å². The Morgan fingerprint density at radius 3 is 1.88 bits per heavy atom. The van der Waals surface area contributed by atoms with Gasteiger partial charge in [0.25, 0.3) is 5.97 Å². The number of rotatable bonds is 0. The number of hydrogen-bond donors (Lipinski definition) is 1. The molecule has 0 radical (unpaired) electrons. The predicted molar refractivity (Wildman–Crippen MR) is 32.0 cm³/mol. The molecule has 0 unspecified atom stereocenters. The molecule has 0 atom stereocenters. The van der Waals surface area contributed by atoms with Gasteiger partial charge in [-0.3, -0.25) is 4.79 Å². The Hall–Kier alpha value is 0.470. The van der Waals surface area contributed by atoms with Crippen LogP contribution in [-0.2, 0) is 4.79 Å². The van der Waals surface area contributed by atoms with Crippen LogP contribution in [0, 0.1) is 0 Å². The first-order valence-corrected chi connectivity index (χ1v) is 3.98. The molecule has 0 bridgehead atoms. The third-order valence-electron chi connectivity index (χ3n) is 0.866. The number of carbonyl (C=O) groups is 1. The van der Waals surface area contributed by atoms with E-state index in [9.17, 15) is 0 Å². The van der Waals surface area contributed by atoms with Gasteiger partial charge in [-0.1, -0.05) is 0 Å². The van der Waals surface area contributed by atoms with Crippen LogP contribution in [0.3, 0.4) is 0 Å². The third kappa shape index (κ3) is 16.1. The SMILES string of the molecule is CC(=O)O.[Na][CH]1CC1. The molecule has 1 fully saturated rings. The van der Waals surface area contributed by atoms with Crippen molar-refractivity contribution in [2.45, 2.75) is 22.9 Å². The van der Waals surface area contributed by atoms with Gasteiger partial charge in [-0.2, -0.15) is 0 Å². The number of hydrogen-bond acceptors (Lipinski definition) is 1. The minimum atomic E-state index is -0.833. The molecular weight excluding hydrogens is 115 g/mol. The zero-order valence-electron chi connectivity index (χ0n) is 5.35. The number of carboxylic acid groups (broad SMARTS) is 1. The fraction of sp³-hybridized carbons (Fsp3) is 0.800. The Labute approximate surface area is 66.7 Å². The van der Waals surface area contributed by atoms with Crippen molar-refractivity contribution in [2.24, 2.45) is 0 Å². The fourth-order valence-corrected chi connectivity index (χ4v) is 0.500. The molecule has 1 saturated carbocycles. The van der Waals surface area contributed by atoms with Gasteiger partial charge >= 0.3 is 43.9 Å². The fourth-order valence-electron chi connectivity index (χ4n) is 0.167. The molecule has 0 heterocycles. The molecule has 0 amide bonds. The predicted octanol–water partition coefficient (Wildman–Crippen LogP) is 0.828. The molecule has 0 aromatic heterocycles. The number of carboxylic acids is 1. The topological polar surface area (TPSA) is 37.3 Å². The first kappa shape index (κ1) is 8.47. The van der Waals surface area contributed by atoms with Gasteiger partial charge in [0.2, 0.25) is 0 Å². The van der Waals surface area contributed by atoms with Gasteiger partial charge in [0, 0.05) is 6.92 Å². The summed E-state index contributed by atoms with van der Waals surface area (Å²) in [6.45, 7) is 1.08. The summed E-state index contributed by atoms with van der Waals surface area (Å²) in [5.74, 6) is -0.833. The first-order chi connectivity index (χ1) is 3.63. The van der Waals surface area contributed by atoms with Crippen LogP contribution in [-0.4, -0.2) is 39.0 Å². The van der Waals surface area contributed by atoms with Crippen molar-refractivity contribution in [3.63, 3.8) is 0 Å². The van der Waals surface area contributed by atoms with Crippen LogP contribution in [0.15, 0.2) is 0 Å². The van der Waals surface area contributed by atoms with E-state index in [2.05, 4.69) is 0 Å². The second kappa shape index (κ2) is 4.36. The minimum absolute atomic E-state index is 0.833. The van der Waals surface area contributed by atoms with E-state index in [1.54, 1.807) is 12.8 Å². The average molecular weight is 124 g/mol. The second-order valence-corrected chi connectivity index (χ2v) is 3.83. The summed E-state index contributed by atoms with van der Waals surface area (Å²) in [6, 6.07) is 0. The van der Waals surface area contributed by atoms with Crippen LogP contribution >= 0.6 is 0 Å².